The lowest BCUT2D eigenvalue weighted by Gasteiger charge is -2.02. The highest BCUT2D eigenvalue weighted by molar-refractivity contribution is 7.14. The Morgan fingerprint density at radius 2 is 1.80 bits per heavy atom. The normalized spacial score (nSPS) is 11.0. The summed E-state index contributed by atoms with van der Waals surface area (Å²) in [5.41, 5.74) is 6.63. The number of hydrogen-bond donors (Lipinski definition) is 1. The SMILES string of the molecule is Cc1ccc(/C=C/C(=O)Nc2nc(-c3ccc(C)c(C)c3)cs2)cc1. The van der Waals surface area contributed by atoms with Gasteiger partial charge in [-0.2, -0.15) is 0 Å². The summed E-state index contributed by atoms with van der Waals surface area (Å²) in [6, 6.07) is 14.3. The van der Waals surface area contributed by atoms with Gasteiger partial charge in [-0.3, -0.25) is 10.1 Å². The van der Waals surface area contributed by atoms with Crippen LogP contribution in [0.4, 0.5) is 5.13 Å². The molecule has 0 spiro atoms. The Labute approximate surface area is 152 Å². The highest BCUT2D eigenvalue weighted by Crippen LogP contribution is 2.26. The van der Waals surface area contributed by atoms with Crippen molar-refractivity contribution in [2.75, 3.05) is 5.32 Å². The molecule has 3 aromatic rings. The Hall–Kier alpha value is -2.72. The molecule has 0 unspecified atom stereocenters. The van der Waals surface area contributed by atoms with E-state index in [1.165, 1.54) is 34.1 Å². The monoisotopic (exact) mass is 348 g/mol. The van der Waals surface area contributed by atoms with Crippen LogP contribution in [0.2, 0.25) is 0 Å². The van der Waals surface area contributed by atoms with Crippen LogP contribution in [0.5, 0.6) is 0 Å². The van der Waals surface area contributed by atoms with Gasteiger partial charge < -0.3 is 0 Å². The van der Waals surface area contributed by atoms with Crippen LogP contribution in [0.25, 0.3) is 17.3 Å². The topological polar surface area (TPSA) is 42.0 Å². The van der Waals surface area contributed by atoms with Crippen molar-refractivity contribution in [3.8, 4) is 11.3 Å². The molecule has 4 heteroatoms. The molecule has 1 aromatic heterocycles. The summed E-state index contributed by atoms with van der Waals surface area (Å²) in [6.45, 7) is 6.21. The second-order valence-electron chi connectivity index (χ2n) is 6.07. The Balaban J connectivity index is 1.67. The van der Waals surface area contributed by atoms with Gasteiger partial charge in [-0.05, 0) is 49.6 Å². The minimum Gasteiger partial charge on any atom is -0.298 e. The zero-order valence-corrected chi connectivity index (χ0v) is 15.4. The number of aryl methyl sites for hydroxylation is 3. The lowest BCUT2D eigenvalue weighted by atomic mass is 10.1. The van der Waals surface area contributed by atoms with Crippen molar-refractivity contribution in [1.82, 2.24) is 4.98 Å². The molecule has 2 aromatic carbocycles. The quantitative estimate of drug-likeness (QED) is 0.643. The molecule has 0 bridgehead atoms. The van der Waals surface area contributed by atoms with Gasteiger partial charge in [0.05, 0.1) is 5.69 Å². The number of aromatic nitrogens is 1. The lowest BCUT2D eigenvalue weighted by Crippen LogP contribution is -2.07. The Bertz CT molecular complexity index is 923. The second kappa shape index (κ2) is 7.45. The predicted octanol–water partition coefficient (Wildman–Crippen LogP) is 5.39. The Kier molecular flexibility index (Phi) is 5.10. The van der Waals surface area contributed by atoms with Crippen molar-refractivity contribution in [1.29, 1.82) is 0 Å². The highest BCUT2D eigenvalue weighted by Gasteiger charge is 2.07. The zero-order valence-electron chi connectivity index (χ0n) is 14.5. The molecule has 0 saturated heterocycles. The number of thiazole rings is 1. The number of carbonyl (C=O) groups is 1. The van der Waals surface area contributed by atoms with Crippen LogP contribution in [-0.4, -0.2) is 10.9 Å². The molecule has 1 N–H and O–H groups in total. The summed E-state index contributed by atoms with van der Waals surface area (Å²) in [7, 11) is 0. The summed E-state index contributed by atoms with van der Waals surface area (Å²) in [6.07, 6.45) is 3.33. The zero-order chi connectivity index (χ0) is 17.8. The summed E-state index contributed by atoms with van der Waals surface area (Å²) in [5.74, 6) is -0.179. The van der Waals surface area contributed by atoms with Crippen molar-refractivity contribution in [2.24, 2.45) is 0 Å². The van der Waals surface area contributed by atoms with Gasteiger partial charge in [-0.1, -0.05) is 42.0 Å². The fraction of sp³-hybridized carbons (Fsp3) is 0.143. The molecule has 25 heavy (non-hydrogen) atoms. The molecule has 0 aliphatic rings. The maximum absolute atomic E-state index is 12.1. The molecule has 1 amide bonds. The van der Waals surface area contributed by atoms with E-state index in [0.717, 1.165) is 16.8 Å². The van der Waals surface area contributed by atoms with Gasteiger partial charge in [0, 0.05) is 17.0 Å². The Morgan fingerprint density at radius 3 is 2.52 bits per heavy atom. The number of nitrogens with zero attached hydrogens (tertiary/aromatic N) is 1. The number of nitrogens with one attached hydrogen (secondary N) is 1. The molecule has 0 atom stereocenters. The third-order valence-electron chi connectivity index (χ3n) is 4.04. The van der Waals surface area contributed by atoms with Gasteiger partial charge in [-0.25, -0.2) is 4.98 Å². The molecule has 1 heterocycles. The van der Waals surface area contributed by atoms with E-state index in [0.29, 0.717) is 5.13 Å². The number of amides is 1. The van der Waals surface area contributed by atoms with Crippen LogP contribution in [0.15, 0.2) is 53.9 Å². The molecular weight excluding hydrogens is 328 g/mol. The first kappa shape index (κ1) is 17.1. The van der Waals surface area contributed by atoms with E-state index in [2.05, 4.69) is 42.3 Å². The van der Waals surface area contributed by atoms with E-state index in [1.807, 2.05) is 36.6 Å². The van der Waals surface area contributed by atoms with E-state index < -0.39 is 0 Å². The number of anilines is 1. The van der Waals surface area contributed by atoms with Gasteiger partial charge in [0.1, 0.15) is 0 Å². The summed E-state index contributed by atoms with van der Waals surface area (Å²) < 4.78 is 0. The van der Waals surface area contributed by atoms with Gasteiger partial charge in [-0.15, -0.1) is 11.3 Å². The van der Waals surface area contributed by atoms with Crippen LogP contribution < -0.4 is 5.32 Å². The Morgan fingerprint density at radius 1 is 1.04 bits per heavy atom. The average Bonchev–Trinajstić information content (AvgIpc) is 3.05. The summed E-state index contributed by atoms with van der Waals surface area (Å²) in [5, 5.41) is 5.39. The van der Waals surface area contributed by atoms with Crippen LogP contribution in [0.3, 0.4) is 0 Å². The summed E-state index contributed by atoms with van der Waals surface area (Å²) in [4.78, 5) is 16.6. The van der Waals surface area contributed by atoms with Gasteiger partial charge in [0.25, 0.3) is 0 Å². The highest BCUT2D eigenvalue weighted by atomic mass is 32.1. The maximum atomic E-state index is 12.1. The first-order valence-electron chi connectivity index (χ1n) is 8.10. The number of rotatable bonds is 4. The van der Waals surface area contributed by atoms with Gasteiger partial charge in [0.2, 0.25) is 5.91 Å². The van der Waals surface area contributed by atoms with Crippen LogP contribution in [0, 0.1) is 20.8 Å². The first-order chi connectivity index (χ1) is 12.0. The number of carbonyl (C=O) groups excluding carboxylic acids is 1. The van der Waals surface area contributed by atoms with E-state index in [4.69, 9.17) is 0 Å². The number of benzene rings is 2. The molecule has 3 rings (SSSR count). The second-order valence-corrected chi connectivity index (χ2v) is 6.93. The van der Waals surface area contributed by atoms with E-state index >= 15 is 0 Å². The largest absolute Gasteiger partial charge is 0.298 e. The van der Waals surface area contributed by atoms with Gasteiger partial charge >= 0.3 is 0 Å². The van der Waals surface area contributed by atoms with E-state index in [1.54, 1.807) is 6.08 Å². The van der Waals surface area contributed by atoms with E-state index in [9.17, 15) is 4.79 Å². The molecule has 0 radical (unpaired) electrons. The van der Waals surface area contributed by atoms with E-state index in [-0.39, 0.29) is 5.91 Å². The third kappa shape index (κ3) is 4.43. The van der Waals surface area contributed by atoms with Crippen LogP contribution in [0.1, 0.15) is 22.3 Å². The van der Waals surface area contributed by atoms with Crippen molar-refractivity contribution in [3.63, 3.8) is 0 Å². The van der Waals surface area contributed by atoms with Crippen molar-refractivity contribution >= 4 is 28.5 Å². The van der Waals surface area contributed by atoms with Crippen LogP contribution in [-0.2, 0) is 4.79 Å². The van der Waals surface area contributed by atoms with Crippen LogP contribution >= 0.6 is 11.3 Å². The smallest absolute Gasteiger partial charge is 0.250 e. The molecule has 0 aliphatic heterocycles. The molecule has 3 nitrogen and oxygen atoms in total. The molecular formula is C21H20N2OS. The van der Waals surface area contributed by atoms with Crippen molar-refractivity contribution in [3.05, 3.63) is 76.2 Å². The first-order valence-corrected chi connectivity index (χ1v) is 8.98. The predicted molar refractivity (Wildman–Crippen MR) is 106 cm³/mol. The molecule has 0 aliphatic carbocycles. The number of hydrogen-bond acceptors (Lipinski definition) is 3. The van der Waals surface area contributed by atoms with Crippen molar-refractivity contribution in [2.45, 2.75) is 20.8 Å². The molecule has 126 valence electrons. The minimum atomic E-state index is -0.179. The van der Waals surface area contributed by atoms with Crippen molar-refractivity contribution < 1.29 is 4.79 Å². The lowest BCUT2D eigenvalue weighted by molar-refractivity contribution is -0.111. The minimum absolute atomic E-state index is 0.179. The molecule has 0 saturated carbocycles. The third-order valence-corrected chi connectivity index (χ3v) is 4.80. The fourth-order valence-corrected chi connectivity index (χ4v) is 3.08. The standard InChI is InChI=1S/C21H20N2OS/c1-14-4-7-17(8-5-14)9-11-20(24)23-21-22-19(13-25-21)18-10-6-15(2)16(3)12-18/h4-13H,1-3H3,(H,22,23,24)/b11-9+. The summed E-state index contributed by atoms with van der Waals surface area (Å²) >= 11 is 1.43. The van der Waals surface area contributed by atoms with Gasteiger partial charge in [0.15, 0.2) is 5.13 Å². The maximum Gasteiger partial charge on any atom is 0.250 e. The average molecular weight is 348 g/mol. The fourth-order valence-electron chi connectivity index (χ4n) is 2.36. The molecule has 0 fully saturated rings.